The molecule has 0 radical (unpaired) electrons. The van der Waals surface area contributed by atoms with E-state index in [9.17, 15) is 14.4 Å². The van der Waals surface area contributed by atoms with Crippen LogP contribution >= 0.6 is 11.6 Å². The second-order valence-electron chi connectivity index (χ2n) is 6.61. The number of halogens is 1. The molecule has 25 heavy (non-hydrogen) atoms. The number of benzene rings is 1. The van der Waals surface area contributed by atoms with Gasteiger partial charge in [-0.15, -0.1) is 0 Å². The normalized spacial score (nSPS) is 14.7. The van der Waals surface area contributed by atoms with Crippen molar-refractivity contribution in [3.8, 4) is 0 Å². The fourth-order valence-corrected chi connectivity index (χ4v) is 2.39. The first-order valence-corrected chi connectivity index (χ1v) is 8.75. The van der Waals surface area contributed by atoms with Crippen molar-refractivity contribution in [2.45, 2.75) is 45.2 Å². The molecule has 136 valence electrons. The Balaban J connectivity index is 1.91. The third kappa shape index (κ3) is 6.74. The van der Waals surface area contributed by atoms with Gasteiger partial charge in [0.15, 0.2) is 6.61 Å². The number of ether oxygens (including phenoxy) is 1. The predicted molar refractivity (Wildman–Crippen MR) is 94.3 cm³/mol. The van der Waals surface area contributed by atoms with Crippen molar-refractivity contribution in [2.75, 3.05) is 6.61 Å². The van der Waals surface area contributed by atoms with Crippen molar-refractivity contribution in [1.82, 2.24) is 10.6 Å². The number of nitrogens with one attached hydrogen (secondary N) is 2. The van der Waals surface area contributed by atoms with Crippen molar-refractivity contribution in [3.63, 3.8) is 0 Å². The van der Waals surface area contributed by atoms with E-state index in [0.29, 0.717) is 17.0 Å². The third-order valence-corrected chi connectivity index (χ3v) is 3.94. The second kappa shape index (κ2) is 8.85. The van der Waals surface area contributed by atoms with E-state index in [1.54, 1.807) is 24.3 Å². The molecule has 2 N–H and O–H groups in total. The van der Waals surface area contributed by atoms with Crippen LogP contribution in [0.15, 0.2) is 24.3 Å². The highest BCUT2D eigenvalue weighted by molar-refractivity contribution is 6.30. The van der Waals surface area contributed by atoms with E-state index in [1.807, 2.05) is 13.8 Å². The van der Waals surface area contributed by atoms with Gasteiger partial charge in [0.25, 0.3) is 11.8 Å². The molecule has 1 aromatic rings. The summed E-state index contributed by atoms with van der Waals surface area (Å²) in [6.45, 7) is 3.55. The summed E-state index contributed by atoms with van der Waals surface area (Å²) >= 11 is 5.81. The second-order valence-corrected chi connectivity index (χ2v) is 7.05. The van der Waals surface area contributed by atoms with Crippen LogP contribution in [0.1, 0.15) is 43.5 Å². The van der Waals surface area contributed by atoms with Gasteiger partial charge in [-0.05, 0) is 49.4 Å². The zero-order valence-electron chi connectivity index (χ0n) is 14.4. The van der Waals surface area contributed by atoms with Crippen molar-refractivity contribution in [3.05, 3.63) is 34.9 Å². The molecule has 0 aliphatic heterocycles. The molecule has 0 spiro atoms. The maximum absolute atomic E-state index is 12.3. The minimum absolute atomic E-state index is 0.170. The fraction of sp³-hybridized carbons (Fsp3) is 0.500. The van der Waals surface area contributed by atoms with Crippen molar-refractivity contribution >= 4 is 29.4 Å². The van der Waals surface area contributed by atoms with E-state index in [4.69, 9.17) is 16.3 Å². The van der Waals surface area contributed by atoms with Gasteiger partial charge in [-0.3, -0.25) is 9.59 Å². The fourth-order valence-electron chi connectivity index (χ4n) is 2.26. The number of carbonyl (C=O) groups is 3. The molecule has 1 aliphatic rings. The van der Waals surface area contributed by atoms with Gasteiger partial charge in [-0.1, -0.05) is 25.4 Å². The van der Waals surface area contributed by atoms with Gasteiger partial charge in [0, 0.05) is 16.6 Å². The zero-order chi connectivity index (χ0) is 18.4. The number of carbonyl (C=O) groups excluding carboxylic acids is 3. The zero-order valence-corrected chi connectivity index (χ0v) is 15.1. The molecule has 2 rings (SSSR count). The molecule has 0 aromatic heterocycles. The Morgan fingerprint density at radius 1 is 1.20 bits per heavy atom. The summed E-state index contributed by atoms with van der Waals surface area (Å²) in [7, 11) is 0. The van der Waals surface area contributed by atoms with E-state index in [0.717, 1.165) is 12.8 Å². The number of rotatable bonds is 8. The Hall–Kier alpha value is -2.08. The average molecular weight is 367 g/mol. The van der Waals surface area contributed by atoms with Gasteiger partial charge >= 0.3 is 5.97 Å². The van der Waals surface area contributed by atoms with Crippen LogP contribution in [0.25, 0.3) is 0 Å². The van der Waals surface area contributed by atoms with E-state index < -0.39 is 12.0 Å². The summed E-state index contributed by atoms with van der Waals surface area (Å²) in [5.74, 6) is -1.14. The van der Waals surface area contributed by atoms with Gasteiger partial charge in [-0.25, -0.2) is 4.79 Å². The maximum Gasteiger partial charge on any atom is 0.329 e. The first-order valence-electron chi connectivity index (χ1n) is 8.37. The molecule has 0 saturated heterocycles. The Kier molecular flexibility index (Phi) is 6.82. The van der Waals surface area contributed by atoms with Crippen LogP contribution in [0, 0.1) is 5.92 Å². The van der Waals surface area contributed by atoms with Crippen LogP contribution in [-0.2, 0) is 14.3 Å². The van der Waals surface area contributed by atoms with Crippen LogP contribution in [0.2, 0.25) is 5.02 Å². The average Bonchev–Trinajstić information content (AvgIpc) is 3.36. The monoisotopic (exact) mass is 366 g/mol. The Bertz CT molecular complexity index is 626. The highest BCUT2D eigenvalue weighted by atomic mass is 35.5. The lowest BCUT2D eigenvalue weighted by atomic mass is 10.0. The first-order chi connectivity index (χ1) is 11.8. The van der Waals surface area contributed by atoms with Crippen LogP contribution in [-0.4, -0.2) is 36.5 Å². The van der Waals surface area contributed by atoms with Crippen molar-refractivity contribution in [2.24, 2.45) is 5.92 Å². The molecule has 1 fully saturated rings. The number of hydrogen-bond donors (Lipinski definition) is 2. The van der Waals surface area contributed by atoms with Gasteiger partial charge in [0.05, 0.1) is 0 Å². The minimum Gasteiger partial charge on any atom is -0.454 e. The van der Waals surface area contributed by atoms with Crippen molar-refractivity contribution in [1.29, 1.82) is 0 Å². The first kappa shape index (κ1) is 19.2. The molecule has 6 nitrogen and oxygen atoms in total. The standard InChI is InChI=1S/C18H23ClN2O4/c1-11(2)9-15(18(24)25-10-16(22)20-14-7-8-14)21-17(23)12-3-5-13(19)6-4-12/h3-6,11,14-15H,7-10H2,1-2H3,(H,20,22)(H,21,23)/t15-/m0/s1. The predicted octanol–water partition coefficient (Wildman–Crippen LogP) is 2.31. The molecular weight excluding hydrogens is 344 g/mol. The Morgan fingerprint density at radius 2 is 1.84 bits per heavy atom. The number of amides is 2. The van der Waals surface area contributed by atoms with E-state index in [1.165, 1.54) is 0 Å². The van der Waals surface area contributed by atoms with Gasteiger partial charge < -0.3 is 15.4 Å². The minimum atomic E-state index is -0.808. The van der Waals surface area contributed by atoms with Gasteiger partial charge in [-0.2, -0.15) is 0 Å². The summed E-state index contributed by atoms with van der Waals surface area (Å²) in [6.07, 6.45) is 2.35. The molecule has 7 heteroatoms. The summed E-state index contributed by atoms with van der Waals surface area (Å²) in [4.78, 5) is 36.2. The van der Waals surface area contributed by atoms with Crippen LogP contribution in [0.4, 0.5) is 0 Å². The molecule has 1 atom stereocenters. The maximum atomic E-state index is 12.3. The molecule has 1 saturated carbocycles. The summed E-state index contributed by atoms with van der Waals surface area (Å²) in [6, 6.07) is 5.78. The quantitative estimate of drug-likeness (QED) is 0.691. The topological polar surface area (TPSA) is 84.5 Å². The largest absolute Gasteiger partial charge is 0.454 e. The Morgan fingerprint density at radius 3 is 2.40 bits per heavy atom. The SMILES string of the molecule is CC(C)C[C@H](NC(=O)c1ccc(Cl)cc1)C(=O)OCC(=O)NC1CC1. The lowest BCUT2D eigenvalue weighted by Gasteiger charge is -2.19. The van der Waals surface area contributed by atoms with Gasteiger partial charge in [0.1, 0.15) is 6.04 Å². The van der Waals surface area contributed by atoms with Crippen LogP contribution < -0.4 is 10.6 Å². The molecule has 1 aromatic carbocycles. The van der Waals surface area contributed by atoms with E-state index in [-0.39, 0.29) is 30.4 Å². The van der Waals surface area contributed by atoms with Crippen molar-refractivity contribution < 1.29 is 19.1 Å². The highest BCUT2D eigenvalue weighted by Gasteiger charge is 2.26. The van der Waals surface area contributed by atoms with Crippen LogP contribution in [0.5, 0.6) is 0 Å². The Labute approximate surface area is 152 Å². The van der Waals surface area contributed by atoms with Gasteiger partial charge in [0.2, 0.25) is 0 Å². The lowest BCUT2D eigenvalue weighted by Crippen LogP contribution is -2.43. The summed E-state index contributed by atoms with van der Waals surface area (Å²) in [5, 5.41) is 5.94. The molecule has 1 aliphatic carbocycles. The highest BCUT2D eigenvalue weighted by Crippen LogP contribution is 2.18. The third-order valence-electron chi connectivity index (χ3n) is 3.69. The van der Waals surface area contributed by atoms with E-state index >= 15 is 0 Å². The number of hydrogen-bond acceptors (Lipinski definition) is 4. The summed E-state index contributed by atoms with van der Waals surface area (Å²) < 4.78 is 5.06. The lowest BCUT2D eigenvalue weighted by molar-refractivity contribution is -0.150. The molecular formula is C18H23ClN2O4. The van der Waals surface area contributed by atoms with E-state index in [2.05, 4.69) is 10.6 Å². The molecule has 0 unspecified atom stereocenters. The molecule has 2 amide bonds. The summed E-state index contributed by atoms with van der Waals surface area (Å²) in [5.41, 5.74) is 0.400. The molecule has 0 bridgehead atoms. The smallest absolute Gasteiger partial charge is 0.329 e. The number of esters is 1. The van der Waals surface area contributed by atoms with Crippen LogP contribution in [0.3, 0.4) is 0 Å². The molecule has 0 heterocycles.